The van der Waals surface area contributed by atoms with Gasteiger partial charge in [0.1, 0.15) is 16.0 Å². The van der Waals surface area contributed by atoms with E-state index in [2.05, 4.69) is 21.4 Å². The molecule has 0 saturated carbocycles. The van der Waals surface area contributed by atoms with Crippen molar-refractivity contribution in [2.75, 3.05) is 7.11 Å². The number of phenols is 1. The predicted molar refractivity (Wildman–Crippen MR) is 55.7 cm³/mol. The van der Waals surface area contributed by atoms with Gasteiger partial charge in [-0.05, 0) is 34.5 Å². The zero-order valence-electron chi connectivity index (χ0n) is 7.97. The van der Waals surface area contributed by atoms with E-state index < -0.39 is 0 Å². The maximum Gasteiger partial charge on any atom is 0.141 e. The minimum atomic E-state index is 0.156. The molecule has 0 aromatic heterocycles. The summed E-state index contributed by atoms with van der Waals surface area (Å²) < 4.78 is 5.61. The minimum Gasteiger partial charge on any atom is -0.506 e. The minimum absolute atomic E-state index is 0.156. The molecule has 0 aliphatic carbocycles. The normalized spacial score (nSPS) is 10.3. The van der Waals surface area contributed by atoms with Gasteiger partial charge in [-0.2, -0.15) is 0 Å². The average Bonchev–Trinajstić information content (AvgIpc) is 2.16. The molecule has 78 valence electrons. The molecule has 0 atom stereocenters. The van der Waals surface area contributed by atoms with Crippen LogP contribution in [-0.4, -0.2) is 17.4 Å². The van der Waals surface area contributed by atoms with Crippen LogP contribution in [0.4, 0.5) is 0 Å². The summed E-state index contributed by atoms with van der Waals surface area (Å²) in [6.07, 6.45) is 0. The molecule has 0 aliphatic heterocycles. The molecule has 3 N–H and O–H groups in total. The number of rotatable bonds is 3. The quantitative estimate of drug-likeness (QED) is 0.728. The third-order valence-corrected chi connectivity index (χ3v) is 2.67. The van der Waals surface area contributed by atoms with E-state index in [9.17, 15) is 5.11 Å². The molecule has 0 heterocycles. The van der Waals surface area contributed by atoms with E-state index in [1.54, 1.807) is 13.0 Å². The van der Waals surface area contributed by atoms with Crippen LogP contribution in [0.15, 0.2) is 10.5 Å². The van der Waals surface area contributed by atoms with E-state index in [4.69, 9.17) is 9.94 Å². The predicted octanol–water partition coefficient (Wildman–Crippen LogP) is 1.95. The average molecular weight is 262 g/mol. The van der Waals surface area contributed by atoms with Gasteiger partial charge < -0.3 is 15.1 Å². The van der Waals surface area contributed by atoms with Crippen LogP contribution < -0.4 is 10.2 Å². The number of hydrogen-bond acceptors (Lipinski definition) is 4. The number of benzene rings is 1. The number of halogens is 1. The second-order valence-electron chi connectivity index (χ2n) is 2.88. The number of phenolic OH excluding ortho intramolecular Hbond substituents is 1. The summed E-state index contributed by atoms with van der Waals surface area (Å²) in [4.78, 5) is 0. The van der Waals surface area contributed by atoms with E-state index in [0.29, 0.717) is 10.2 Å². The Morgan fingerprint density at radius 2 is 2.21 bits per heavy atom. The lowest BCUT2D eigenvalue weighted by Crippen LogP contribution is -2.08. The molecule has 0 amide bonds. The van der Waals surface area contributed by atoms with Crippen molar-refractivity contribution < 1.29 is 15.1 Å². The zero-order chi connectivity index (χ0) is 10.7. The Labute approximate surface area is 90.6 Å². The third kappa shape index (κ3) is 2.00. The van der Waals surface area contributed by atoms with Gasteiger partial charge >= 0.3 is 0 Å². The first-order chi connectivity index (χ1) is 6.61. The highest BCUT2D eigenvalue weighted by atomic mass is 79.9. The molecule has 1 aromatic carbocycles. The Hall–Kier alpha value is -0.780. The van der Waals surface area contributed by atoms with Crippen LogP contribution in [0.5, 0.6) is 11.5 Å². The molecule has 0 bridgehead atoms. The van der Waals surface area contributed by atoms with Gasteiger partial charge in [0.15, 0.2) is 0 Å². The highest BCUT2D eigenvalue weighted by molar-refractivity contribution is 9.10. The smallest absolute Gasteiger partial charge is 0.141 e. The van der Waals surface area contributed by atoms with Crippen LogP contribution in [0.3, 0.4) is 0 Å². The number of aromatic hydroxyl groups is 1. The molecule has 0 spiro atoms. The Morgan fingerprint density at radius 3 is 2.71 bits per heavy atom. The summed E-state index contributed by atoms with van der Waals surface area (Å²) in [5.74, 6) is 0.679. The Bertz CT molecular complexity index is 341. The maximum absolute atomic E-state index is 9.60. The highest BCUT2D eigenvalue weighted by Gasteiger charge is 2.13. The fraction of sp³-hybridized carbons (Fsp3) is 0.333. The third-order valence-electron chi connectivity index (χ3n) is 1.94. The number of aryl methyl sites for hydroxylation is 1. The summed E-state index contributed by atoms with van der Waals surface area (Å²) in [6, 6.07) is 1.75. The number of hydrogen-bond donors (Lipinski definition) is 3. The Morgan fingerprint density at radius 1 is 1.57 bits per heavy atom. The van der Waals surface area contributed by atoms with Gasteiger partial charge in [0, 0.05) is 12.1 Å². The second kappa shape index (κ2) is 4.63. The number of nitrogens with one attached hydrogen (secondary N) is 1. The summed E-state index contributed by atoms with van der Waals surface area (Å²) >= 11 is 3.23. The molecule has 0 saturated heterocycles. The van der Waals surface area contributed by atoms with Crippen LogP contribution in [0, 0.1) is 6.92 Å². The van der Waals surface area contributed by atoms with Gasteiger partial charge in [-0.25, -0.2) is 5.48 Å². The van der Waals surface area contributed by atoms with Crippen LogP contribution >= 0.6 is 15.9 Å². The van der Waals surface area contributed by atoms with Crippen molar-refractivity contribution in [3.63, 3.8) is 0 Å². The van der Waals surface area contributed by atoms with E-state index in [1.165, 1.54) is 7.11 Å². The van der Waals surface area contributed by atoms with Gasteiger partial charge in [0.2, 0.25) is 0 Å². The molecule has 1 aromatic rings. The fourth-order valence-electron chi connectivity index (χ4n) is 1.25. The molecular weight excluding hydrogens is 250 g/mol. The summed E-state index contributed by atoms with van der Waals surface area (Å²) in [6.45, 7) is 2.04. The summed E-state index contributed by atoms with van der Waals surface area (Å²) in [7, 11) is 1.51. The maximum atomic E-state index is 9.60. The van der Waals surface area contributed by atoms with Gasteiger partial charge in [0.25, 0.3) is 0 Å². The Kier molecular flexibility index (Phi) is 3.74. The lowest BCUT2D eigenvalue weighted by Gasteiger charge is -2.12. The fourth-order valence-corrected chi connectivity index (χ4v) is 1.98. The second-order valence-corrected chi connectivity index (χ2v) is 3.68. The lowest BCUT2D eigenvalue weighted by molar-refractivity contribution is 0.160. The van der Waals surface area contributed by atoms with E-state index >= 15 is 0 Å². The van der Waals surface area contributed by atoms with E-state index in [1.807, 2.05) is 0 Å². The van der Waals surface area contributed by atoms with Crippen molar-refractivity contribution in [2.24, 2.45) is 0 Å². The van der Waals surface area contributed by atoms with Gasteiger partial charge in [-0.15, -0.1) is 0 Å². The van der Waals surface area contributed by atoms with Crippen LogP contribution in [-0.2, 0) is 6.54 Å². The molecule has 5 heteroatoms. The number of hydroxylamine groups is 1. The molecule has 0 radical (unpaired) electrons. The Balaban J connectivity index is 3.28. The van der Waals surface area contributed by atoms with Crippen LogP contribution in [0.1, 0.15) is 11.1 Å². The largest absolute Gasteiger partial charge is 0.506 e. The van der Waals surface area contributed by atoms with Crippen LogP contribution in [0.2, 0.25) is 0 Å². The standard InChI is InChI=1S/C9H12BrNO3/c1-5-3-6(4-11-13)9(14-2)7(10)8(5)12/h3,11-13H,4H2,1-2H3. The van der Waals surface area contributed by atoms with Crippen molar-refractivity contribution in [1.82, 2.24) is 5.48 Å². The van der Waals surface area contributed by atoms with E-state index in [0.717, 1.165) is 11.1 Å². The number of methoxy groups -OCH3 is 1. The molecule has 0 aliphatic rings. The lowest BCUT2D eigenvalue weighted by atomic mass is 10.1. The van der Waals surface area contributed by atoms with Gasteiger partial charge in [0.05, 0.1) is 7.11 Å². The topological polar surface area (TPSA) is 61.7 Å². The molecule has 1 rings (SSSR count). The van der Waals surface area contributed by atoms with Gasteiger partial charge in [-0.3, -0.25) is 0 Å². The van der Waals surface area contributed by atoms with Crippen molar-refractivity contribution in [2.45, 2.75) is 13.5 Å². The zero-order valence-corrected chi connectivity index (χ0v) is 9.55. The number of ether oxygens (including phenoxy) is 1. The first-order valence-electron chi connectivity index (χ1n) is 4.03. The molecule has 14 heavy (non-hydrogen) atoms. The summed E-state index contributed by atoms with van der Waals surface area (Å²) in [5.41, 5.74) is 3.55. The van der Waals surface area contributed by atoms with Gasteiger partial charge in [-0.1, -0.05) is 0 Å². The molecule has 0 unspecified atom stereocenters. The molecule has 0 fully saturated rings. The highest BCUT2D eigenvalue weighted by Crippen LogP contribution is 2.38. The summed E-state index contributed by atoms with van der Waals surface area (Å²) in [5, 5.41) is 18.2. The van der Waals surface area contributed by atoms with Crippen molar-refractivity contribution >= 4 is 15.9 Å². The first-order valence-corrected chi connectivity index (χ1v) is 4.83. The molecular formula is C9H12BrNO3. The van der Waals surface area contributed by atoms with Crippen molar-refractivity contribution in [1.29, 1.82) is 0 Å². The monoisotopic (exact) mass is 261 g/mol. The SMILES string of the molecule is COc1c(CNO)cc(C)c(O)c1Br. The van der Waals surface area contributed by atoms with Crippen molar-refractivity contribution in [3.05, 3.63) is 21.7 Å². The first kappa shape index (κ1) is 11.3. The molecule has 4 nitrogen and oxygen atoms in total. The van der Waals surface area contributed by atoms with Crippen LogP contribution in [0.25, 0.3) is 0 Å². The van der Waals surface area contributed by atoms with E-state index in [-0.39, 0.29) is 12.3 Å². The van der Waals surface area contributed by atoms with Crippen molar-refractivity contribution in [3.8, 4) is 11.5 Å².